The van der Waals surface area contributed by atoms with E-state index < -0.39 is 30.1 Å². The first kappa shape index (κ1) is 22.9. The number of hydrogen-bond acceptors (Lipinski definition) is 8. The van der Waals surface area contributed by atoms with Crippen molar-refractivity contribution in [2.45, 2.75) is 125 Å². The Morgan fingerprint density at radius 3 is 2.46 bits per heavy atom. The summed E-state index contributed by atoms with van der Waals surface area (Å²) < 4.78 is 52.3. The van der Waals surface area contributed by atoms with Crippen molar-refractivity contribution in [3.63, 3.8) is 0 Å². The summed E-state index contributed by atoms with van der Waals surface area (Å²) in [6, 6.07) is 7.77. The molecule has 7 heterocycles. The summed E-state index contributed by atoms with van der Waals surface area (Å²) in [6.07, 6.45) is 4.54. The zero-order valence-corrected chi connectivity index (χ0v) is 20.7. The van der Waals surface area contributed by atoms with Gasteiger partial charge in [-0.15, -0.1) is 0 Å². The van der Waals surface area contributed by atoms with Crippen LogP contribution in [0.5, 0.6) is 5.75 Å². The second-order valence-electron chi connectivity index (χ2n) is 10.8. The van der Waals surface area contributed by atoms with Crippen LogP contribution in [0.15, 0.2) is 24.3 Å². The van der Waals surface area contributed by atoms with Crippen LogP contribution in [0.4, 0.5) is 0 Å². The van der Waals surface area contributed by atoms with Gasteiger partial charge in [-0.05, 0) is 37.8 Å². The second-order valence-corrected chi connectivity index (χ2v) is 10.8. The van der Waals surface area contributed by atoms with Gasteiger partial charge in [-0.2, -0.15) is 0 Å². The first-order chi connectivity index (χ1) is 17.1. The molecule has 8 heteroatoms. The molecule has 0 saturated carbocycles. The van der Waals surface area contributed by atoms with Crippen LogP contribution in [-0.4, -0.2) is 67.5 Å². The summed E-state index contributed by atoms with van der Waals surface area (Å²) in [5.41, 5.74) is 0.912. The molecule has 0 aromatic heterocycles. The van der Waals surface area contributed by atoms with Gasteiger partial charge in [0, 0.05) is 12.0 Å². The van der Waals surface area contributed by atoms with Crippen LogP contribution in [0.2, 0.25) is 0 Å². The molecule has 0 amide bonds. The van der Waals surface area contributed by atoms with Crippen molar-refractivity contribution >= 4 is 0 Å². The summed E-state index contributed by atoms with van der Waals surface area (Å²) in [4.78, 5) is 0. The van der Waals surface area contributed by atoms with Crippen molar-refractivity contribution in [3.8, 4) is 5.75 Å². The molecule has 0 aliphatic carbocycles. The fraction of sp³-hybridized carbons (Fsp3) is 0.778. The van der Waals surface area contributed by atoms with E-state index in [-0.39, 0.29) is 36.6 Å². The molecule has 2 unspecified atom stereocenters. The first-order valence-corrected chi connectivity index (χ1v) is 13.4. The molecule has 7 saturated heterocycles. The molecule has 1 aromatic rings. The van der Waals surface area contributed by atoms with Gasteiger partial charge in [0.05, 0.1) is 19.3 Å². The molecule has 192 valence electrons. The van der Waals surface area contributed by atoms with Crippen LogP contribution in [0.1, 0.15) is 70.6 Å². The SMILES string of the molecule is CCCCC[C@]12OC3[C@@H]4O[C@H]5CC[C@H](CC)O[C@@H]5[C@H](O1)[C@@H]4OC31O[C@@H](c3ccc(OC)cc3)O[C@H]12. The van der Waals surface area contributed by atoms with Gasteiger partial charge in [-0.25, -0.2) is 0 Å². The third-order valence-corrected chi connectivity index (χ3v) is 8.76. The summed E-state index contributed by atoms with van der Waals surface area (Å²) in [5.74, 6) is -1.22. The molecule has 0 N–H and O–H groups in total. The fourth-order valence-corrected chi connectivity index (χ4v) is 7.02. The average molecular weight is 489 g/mol. The summed E-state index contributed by atoms with van der Waals surface area (Å²) in [7, 11) is 1.66. The lowest BCUT2D eigenvalue weighted by Crippen LogP contribution is -2.62. The highest BCUT2D eigenvalue weighted by Crippen LogP contribution is 2.64. The van der Waals surface area contributed by atoms with Crippen LogP contribution in [-0.2, 0) is 33.2 Å². The van der Waals surface area contributed by atoms with Gasteiger partial charge >= 0.3 is 0 Å². The minimum absolute atomic E-state index is 0.0170. The number of hydrogen-bond donors (Lipinski definition) is 0. The molecule has 7 aliphatic heterocycles. The molecule has 8 nitrogen and oxygen atoms in total. The van der Waals surface area contributed by atoms with E-state index in [2.05, 4.69) is 13.8 Å². The normalized spacial score (nSPS) is 49.1. The molecular formula is C27H36O8. The van der Waals surface area contributed by atoms with Crippen molar-refractivity contribution in [2.24, 2.45) is 0 Å². The van der Waals surface area contributed by atoms with Crippen LogP contribution in [0.25, 0.3) is 0 Å². The van der Waals surface area contributed by atoms with E-state index in [0.29, 0.717) is 0 Å². The average Bonchev–Trinajstić information content (AvgIpc) is 3.44. The Labute approximate surface area is 206 Å². The Morgan fingerprint density at radius 2 is 1.69 bits per heavy atom. The van der Waals surface area contributed by atoms with Gasteiger partial charge in [0.1, 0.15) is 36.3 Å². The van der Waals surface area contributed by atoms with Gasteiger partial charge in [0.15, 0.2) is 12.4 Å². The Morgan fingerprint density at radius 1 is 0.857 bits per heavy atom. The number of fused-ring (bicyclic) bond motifs is 1. The van der Waals surface area contributed by atoms with Crippen molar-refractivity contribution in [3.05, 3.63) is 29.8 Å². The van der Waals surface area contributed by atoms with Crippen LogP contribution in [0, 0.1) is 0 Å². The van der Waals surface area contributed by atoms with E-state index in [0.717, 1.165) is 56.3 Å². The van der Waals surface area contributed by atoms with E-state index in [1.807, 2.05) is 24.3 Å². The summed E-state index contributed by atoms with van der Waals surface area (Å²) in [6.45, 7) is 4.37. The fourth-order valence-electron chi connectivity index (χ4n) is 7.02. The van der Waals surface area contributed by atoms with Crippen LogP contribution in [0.3, 0.4) is 0 Å². The highest BCUT2D eigenvalue weighted by molar-refractivity contribution is 5.29. The quantitative estimate of drug-likeness (QED) is 0.533. The Balaban J connectivity index is 1.25. The van der Waals surface area contributed by atoms with E-state index >= 15 is 0 Å². The third kappa shape index (κ3) is 3.24. The van der Waals surface area contributed by atoms with Gasteiger partial charge in [-0.3, -0.25) is 0 Å². The van der Waals surface area contributed by atoms with Crippen LogP contribution >= 0.6 is 0 Å². The first-order valence-electron chi connectivity index (χ1n) is 13.4. The zero-order chi connectivity index (χ0) is 23.8. The topological polar surface area (TPSA) is 73.8 Å². The summed E-state index contributed by atoms with van der Waals surface area (Å²) in [5, 5.41) is 0. The molecule has 0 radical (unpaired) electrons. The zero-order valence-electron chi connectivity index (χ0n) is 20.7. The van der Waals surface area contributed by atoms with Gasteiger partial charge < -0.3 is 37.9 Å². The van der Waals surface area contributed by atoms with Gasteiger partial charge in [0.2, 0.25) is 11.6 Å². The molecule has 1 spiro atoms. The van der Waals surface area contributed by atoms with Gasteiger partial charge in [0.25, 0.3) is 0 Å². The smallest absolute Gasteiger partial charge is 0.233 e. The second kappa shape index (κ2) is 8.38. The number of methoxy groups -OCH3 is 1. The molecule has 1 aromatic carbocycles. The van der Waals surface area contributed by atoms with E-state index in [1.165, 1.54) is 0 Å². The van der Waals surface area contributed by atoms with Gasteiger partial charge in [-0.1, -0.05) is 38.8 Å². The number of ether oxygens (including phenoxy) is 8. The maximum Gasteiger partial charge on any atom is 0.233 e. The Hall–Kier alpha value is -1.26. The highest BCUT2D eigenvalue weighted by Gasteiger charge is 2.83. The molecule has 35 heavy (non-hydrogen) atoms. The molecule has 7 aliphatic rings. The molecular weight excluding hydrogens is 452 g/mol. The van der Waals surface area contributed by atoms with E-state index in [9.17, 15) is 0 Å². The maximum absolute atomic E-state index is 6.98. The predicted octanol–water partition coefficient (Wildman–Crippen LogP) is 4.00. The monoisotopic (exact) mass is 488 g/mol. The standard InChI is InChI=1S/C27H36O8/c1-4-6-7-14-26-25-27(35-24(31-25)15-8-10-17(28-3)11-9-15)23(34-26)22-21(33-27)20(32-26)19-18(30-22)13-12-16(5-2)29-19/h8-11,16,18-25H,4-7,12-14H2,1-3H3/t16-,18-,19-,20-,21-,22+,23?,24-,25-,26+,27?/m0/s1. The van der Waals surface area contributed by atoms with Crippen molar-refractivity contribution in [1.82, 2.24) is 0 Å². The minimum atomic E-state index is -1.06. The largest absolute Gasteiger partial charge is 0.497 e. The summed E-state index contributed by atoms with van der Waals surface area (Å²) >= 11 is 0. The van der Waals surface area contributed by atoms with E-state index in [4.69, 9.17) is 37.9 Å². The van der Waals surface area contributed by atoms with Crippen molar-refractivity contribution < 1.29 is 37.9 Å². The number of unbranched alkanes of at least 4 members (excludes halogenated alkanes) is 2. The minimum Gasteiger partial charge on any atom is -0.497 e. The van der Waals surface area contributed by atoms with Crippen LogP contribution < -0.4 is 4.74 Å². The van der Waals surface area contributed by atoms with Crippen molar-refractivity contribution in [2.75, 3.05) is 7.11 Å². The maximum atomic E-state index is 6.98. The molecule has 7 fully saturated rings. The molecule has 8 rings (SSSR count). The lowest BCUT2D eigenvalue weighted by molar-refractivity contribution is -0.328. The number of rotatable bonds is 7. The molecule has 11 atom stereocenters. The third-order valence-electron chi connectivity index (χ3n) is 8.76. The Bertz CT molecular complexity index is 940. The van der Waals surface area contributed by atoms with Crippen molar-refractivity contribution in [1.29, 1.82) is 0 Å². The lowest BCUT2D eigenvalue weighted by atomic mass is 9.86. The Kier molecular flexibility index (Phi) is 5.48. The van der Waals surface area contributed by atoms with E-state index in [1.54, 1.807) is 7.11 Å². The predicted molar refractivity (Wildman–Crippen MR) is 123 cm³/mol. The number of benzene rings is 1. The highest BCUT2D eigenvalue weighted by atomic mass is 16.9. The lowest BCUT2D eigenvalue weighted by Gasteiger charge is -2.47. The molecule has 6 bridgehead atoms.